The van der Waals surface area contributed by atoms with Gasteiger partial charge in [-0.1, -0.05) is 12.1 Å². The van der Waals surface area contributed by atoms with Gasteiger partial charge in [0.05, 0.1) is 17.1 Å². The van der Waals surface area contributed by atoms with Gasteiger partial charge < -0.3 is 4.90 Å². The largest absolute Gasteiger partial charge is 0.416 e. The standard InChI is InChI=1S/C16H18F3NO3S/c1-2-20(14-9-10-24(22,23)11-14)15(21)8-5-12-3-6-13(7-4-12)16(17,18)19/h3-8,14H,2,9-11H2,1H3/b8-5+. The Kier molecular flexibility index (Phi) is 5.37. The molecule has 2 rings (SSSR count). The van der Waals surface area contributed by atoms with Crippen molar-refractivity contribution in [2.45, 2.75) is 25.6 Å². The van der Waals surface area contributed by atoms with Gasteiger partial charge in [0, 0.05) is 18.7 Å². The Hall–Kier alpha value is -1.83. The summed E-state index contributed by atoms with van der Waals surface area (Å²) >= 11 is 0. The second-order valence-electron chi connectivity index (χ2n) is 5.63. The van der Waals surface area contributed by atoms with Crippen LogP contribution >= 0.6 is 0 Å². The first kappa shape index (κ1) is 18.5. The van der Waals surface area contributed by atoms with Gasteiger partial charge >= 0.3 is 6.18 Å². The van der Waals surface area contributed by atoms with Crippen molar-refractivity contribution in [1.82, 2.24) is 4.90 Å². The van der Waals surface area contributed by atoms with Gasteiger partial charge in [0.2, 0.25) is 5.91 Å². The summed E-state index contributed by atoms with van der Waals surface area (Å²) < 4.78 is 60.5. The molecule has 1 aliphatic heterocycles. The van der Waals surface area contributed by atoms with Crippen LogP contribution in [0, 0.1) is 0 Å². The molecular weight excluding hydrogens is 343 g/mol. The molecule has 4 nitrogen and oxygen atoms in total. The number of rotatable bonds is 4. The van der Waals surface area contributed by atoms with Gasteiger partial charge in [0.25, 0.3) is 0 Å². The Bertz CT molecular complexity index is 724. The minimum absolute atomic E-state index is 0.0410. The number of carbonyl (C=O) groups is 1. The summed E-state index contributed by atoms with van der Waals surface area (Å²) in [5.41, 5.74) is -0.288. The lowest BCUT2D eigenvalue weighted by molar-refractivity contribution is -0.137. The molecule has 1 fully saturated rings. The van der Waals surface area contributed by atoms with Crippen molar-refractivity contribution in [3.05, 3.63) is 41.5 Å². The molecule has 1 aliphatic rings. The van der Waals surface area contributed by atoms with E-state index in [1.54, 1.807) is 6.92 Å². The number of sulfone groups is 1. The Morgan fingerprint density at radius 2 is 1.92 bits per heavy atom. The van der Waals surface area contributed by atoms with Gasteiger partial charge in [-0.25, -0.2) is 8.42 Å². The molecule has 1 amide bonds. The van der Waals surface area contributed by atoms with Gasteiger partial charge in [-0.3, -0.25) is 4.79 Å². The topological polar surface area (TPSA) is 54.5 Å². The molecule has 1 saturated heterocycles. The number of amides is 1. The fourth-order valence-corrected chi connectivity index (χ4v) is 4.39. The van der Waals surface area contributed by atoms with E-state index in [9.17, 15) is 26.4 Å². The Balaban J connectivity index is 2.06. The zero-order chi connectivity index (χ0) is 18.0. The van der Waals surface area contributed by atoms with Crippen molar-refractivity contribution in [1.29, 1.82) is 0 Å². The predicted molar refractivity (Wildman–Crippen MR) is 84.9 cm³/mol. The summed E-state index contributed by atoms with van der Waals surface area (Å²) in [5, 5.41) is 0. The van der Waals surface area contributed by atoms with E-state index in [1.807, 2.05) is 0 Å². The molecule has 0 bridgehead atoms. The van der Waals surface area contributed by atoms with E-state index in [1.165, 1.54) is 29.2 Å². The minimum Gasteiger partial charge on any atom is -0.335 e. The highest BCUT2D eigenvalue weighted by molar-refractivity contribution is 7.91. The highest BCUT2D eigenvalue weighted by Gasteiger charge is 2.33. The second-order valence-corrected chi connectivity index (χ2v) is 7.86. The Morgan fingerprint density at radius 3 is 2.38 bits per heavy atom. The van der Waals surface area contributed by atoms with Crippen LogP contribution in [0.2, 0.25) is 0 Å². The molecule has 1 aromatic rings. The van der Waals surface area contributed by atoms with Gasteiger partial charge in [-0.2, -0.15) is 13.2 Å². The fourth-order valence-electron chi connectivity index (χ4n) is 2.66. The number of likely N-dealkylation sites (N-methyl/N-ethyl adjacent to an activating group) is 1. The third-order valence-electron chi connectivity index (χ3n) is 3.93. The molecule has 1 aromatic carbocycles. The number of hydrogen-bond donors (Lipinski definition) is 0. The maximum Gasteiger partial charge on any atom is 0.416 e. The molecule has 24 heavy (non-hydrogen) atoms. The number of carbonyl (C=O) groups excluding carboxylic acids is 1. The van der Waals surface area contributed by atoms with Crippen LogP contribution in [0.25, 0.3) is 6.08 Å². The summed E-state index contributed by atoms with van der Waals surface area (Å²) in [7, 11) is -3.09. The summed E-state index contributed by atoms with van der Waals surface area (Å²) in [6.45, 7) is 2.13. The normalized spacial score (nSPS) is 20.4. The van der Waals surface area contributed by atoms with E-state index in [-0.39, 0.29) is 23.5 Å². The molecule has 0 N–H and O–H groups in total. The molecule has 1 atom stereocenters. The lowest BCUT2D eigenvalue weighted by Gasteiger charge is -2.25. The van der Waals surface area contributed by atoms with Gasteiger partial charge in [0.1, 0.15) is 0 Å². The molecular formula is C16H18F3NO3S. The van der Waals surface area contributed by atoms with Crippen molar-refractivity contribution in [2.24, 2.45) is 0 Å². The van der Waals surface area contributed by atoms with Crippen molar-refractivity contribution >= 4 is 21.8 Å². The zero-order valence-corrected chi connectivity index (χ0v) is 13.9. The first-order valence-electron chi connectivity index (χ1n) is 7.49. The lowest BCUT2D eigenvalue weighted by Crippen LogP contribution is -2.40. The van der Waals surface area contributed by atoms with Crippen molar-refractivity contribution in [3.8, 4) is 0 Å². The van der Waals surface area contributed by atoms with Crippen LogP contribution in [0.5, 0.6) is 0 Å². The zero-order valence-electron chi connectivity index (χ0n) is 13.1. The van der Waals surface area contributed by atoms with E-state index in [4.69, 9.17) is 0 Å². The second kappa shape index (κ2) is 6.96. The molecule has 0 aliphatic carbocycles. The number of halogens is 3. The third kappa shape index (κ3) is 4.59. The quantitative estimate of drug-likeness (QED) is 0.775. The summed E-state index contributed by atoms with van der Waals surface area (Å²) in [6, 6.07) is 4.12. The van der Waals surface area contributed by atoms with Crippen LogP contribution in [0.1, 0.15) is 24.5 Å². The van der Waals surface area contributed by atoms with E-state index < -0.39 is 21.6 Å². The average molecular weight is 361 g/mol. The van der Waals surface area contributed by atoms with E-state index in [0.717, 1.165) is 12.1 Å². The maximum absolute atomic E-state index is 12.5. The molecule has 1 unspecified atom stereocenters. The smallest absolute Gasteiger partial charge is 0.335 e. The summed E-state index contributed by atoms with van der Waals surface area (Å²) in [4.78, 5) is 13.7. The molecule has 0 aromatic heterocycles. The van der Waals surface area contributed by atoms with Crippen molar-refractivity contribution in [3.63, 3.8) is 0 Å². The number of benzene rings is 1. The van der Waals surface area contributed by atoms with Crippen molar-refractivity contribution < 1.29 is 26.4 Å². The number of nitrogens with zero attached hydrogens (tertiary/aromatic N) is 1. The van der Waals surface area contributed by atoms with Crippen LogP contribution in [0.15, 0.2) is 30.3 Å². The highest BCUT2D eigenvalue weighted by Crippen LogP contribution is 2.29. The van der Waals surface area contributed by atoms with Crippen LogP contribution in [0.3, 0.4) is 0 Å². The summed E-state index contributed by atoms with van der Waals surface area (Å²) in [6.07, 6.45) is -1.30. The molecule has 132 valence electrons. The average Bonchev–Trinajstić information content (AvgIpc) is 2.85. The van der Waals surface area contributed by atoms with Crippen molar-refractivity contribution in [2.75, 3.05) is 18.1 Å². The molecule has 0 radical (unpaired) electrons. The third-order valence-corrected chi connectivity index (χ3v) is 5.68. The maximum atomic E-state index is 12.5. The van der Waals surface area contributed by atoms with E-state index >= 15 is 0 Å². The predicted octanol–water partition coefficient (Wildman–Crippen LogP) is 2.75. The van der Waals surface area contributed by atoms with Gasteiger partial charge in [0.15, 0.2) is 9.84 Å². The van der Waals surface area contributed by atoms with Crippen LogP contribution in [0.4, 0.5) is 13.2 Å². The Labute approximate surface area is 138 Å². The first-order chi connectivity index (χ1) is 11.1. The van der Waals surface area contributed by atoms with Crippen LogP contribution in [-0.2, 0) is 20.8 Å². The van der Waals surface area contributed by atoms with E-state index in [2.05, 4.69) is 0 Å². The van der Waals surface area contributed by atoms with Gasteiger partial charge in [-0.05, 0) is 37.1 Å². The molecule has 0 spiro atoms. The van der Waals surface area contributed by atoms with Gasteiger partial charge in [-0.15, -0.1) is 0 Å². The molecule has 8 heteroatoms. The highest BCUT2D eigenvalue weighted by atomic mass is 32.2. The van der Waals surface area contributed by atoms with Crippen LogP contribution < -0.4 is 0 Å². The minimum atomic E-state index is -4.40. The SMILES string of the molecule is CCN(C(=O)/C=C/c1ccc(C(F)(F)F)cc1)C1CCS(=O)(=O)C1. The Morgan fingerprint density at radius 1 is 1.29 bits per heavy atom. The number of alkyl halides is 3. The first-order valence-corrected chi connectivity index (χ1v) is 9.31. The fraction of sp³-hybridized carbons (Fsp3) is 0.438. The van der Waals surface area contributed by atoms with Crippen LogP contribution in [-0.4, -0.2) is 43.3 Å². The van der Waals surface area contributed by atoms with E-state index in [0.29, 0.717) is 18.5 Å². The lowest BCUT2D eigenvalue weighted by atomic mass is 10.1. The number of hydrogen-bond acceptors (Lipinski definition) is 3. The monoisotopic (exact) mass is 361 g/mol. The molecule has 0 saturated carbocycles. The molecule has 1 heterocycles. The summed E-state index contributed by atoms with van der Waals surface area (Å²) in [5.74, 6) is -0.315.